The number of fused-ring (bicyclic) bond motifs is 1. The van der Waals surface area contributed by atoms with Crippen LogP contribution in [0.3, 0.4) is 0 Å². The summed E-state index contributed by atoms with van der Waals surface area (Å²) in [5, 5.41) is 10.5. The Morgan fingerprint density at radius 3 is 2.11 bits per heavy atom. The molecule has 0 saturated carbocycles. The van der Waals surface area contributed by atoms with Crippen molar-refractivity contribution in [2.24, 2.45) is 0 Å². The molecule has 0 unspecified atom stereocenters. The number of carbonyl (C=O) groups excluding carboxylic acids is 3. The molecule has 1 N–H and O–H groups in total. The topological polar surface area (TPSA) is 87.2 Å². The predicted octanol–water partition coefficient (Wildman–Crippen LogP) is 2.68. The van der Waals surface area contributed by atoms with E-state index in [0.717, 1.165) is 4.90 Å². The molecule has 0 spiro atoms. The van der Waals surface area contributed by atoms with Crippen molar-refractivity contribution in [3.8, 4) is 11.5 Å². The van der Waals surface area contributed by atoms with E-state index in [-0.39, 0.29) is 39.8 Å². The number of nitrogens with zero attached hydrogens (tertiary/aromatic N) is 2. The minimum atomic E-state index is -0.555. The van der Waals surface area contributed by atoms with Crippen molar-refractivity contribution < 1.29 is 24.2 Å². The molecule has 7 nitrogen and oxygen atoms in total. The van der Waals surface area contributed by atoms with Gasteiger partial charge < -0.3 is 14.7 Å². The van der Waals surface area contributed by atoms with Crippen molar-refractivity contribution in [1.29, 1.82) is 0 Å². The van der Waals surface area contributed by atoms with Crippen molar-refractivity contribution in [2.45, 2.75) is 13.8 Å². The number of imide groups is 1. The Morgan fingerprint density at radius 1 is 1.07 bits per heavy atom. The Bertz CT molecular complexity index is 899. The van der Waals surface area contributed by atoms with E-state index >= 15 is 0 Å². The number of benzene rings is 2. The Morgan fingerprint density at radius 2 is 1.63 bits per heavy atom. The number of aromatic hydroxyl groups is 1. The average molecular weight is 368 g/mol. The Labute approximate surface area is 156 Å². The number of carbonyl (C=O) groups is 3. The maximum absolute atomic E-state index is 12.7. The van der Waals surface area contributed by atoms with Crippen molar-refractivity contribution in [3.63, 3.8) is 0 Å². The van der Waals surface area contributed by atoms with Crippen LogP contribution in [0.1, 0.15) is 44.9 Å². The lowest BCUT2D eigenvalue weighted by molar-refractivity contribution is 0.0771. The summed E-state index contributed by atoms with van der Waals surface area (Å²) in [5.41, 5.74) is 0.652. The minimum Gasteiger partial charge on any atom is -0.503 e. The second-order valence-corrected chi connectivity index (χ2v) is 6.01. The molecule has 3 rings (SSSR count). The second kappa shape index (κ2) is 7.11. The summed E-state index contributed by atoms with van der Waals surface area (Å²) in [7, 11) is 1.34. The van der Waals surface area contributed by atoms with Crippen LogP contribution < -0.4 is 9.64 Å². The van der Waals surface area contributed by atoms with Crippen molar-refractivity contribution in [1.82, 2.24) is 4.90 Å². The molecule has 0 bridgehead atoms. The SMILES string of the molecule is CCN(CC)C(=O)c1cc(OC)c(O)c(N2C(=O)c3ccccc3C2=O)c1. The lowest BCUT2D eigenvalue weighted by Gasteiger charge is -2.22. The first kappa shape index (κ1) is 18.4. The first-order valence-electron chi connectivity index (χ1n) is 8.62. The summed E-state index contributed by atoms with van der Waals surface area (Å²) in [6, 6.07) is 9.17. The van der Waals surface area contributed by atoms with Crippen LogP contribution in [0.4, 0.5) is 5.69 Å². The molecule has 3 amide bonds. The van der Waals surface area contributed by atoms with E-state index in [1.165, 1.54) is 19.2 Å². The molecule has 0 fully saturated rings. The number of phenols is 1. The normalized spacial score (nSPS) is 12.9. The van der Waals surface area contributed by atoms with Gasteiger partial charge in [-0.05, 0) is 38.1 Å². The van der Waals surface area contributed by atoms with Crippen LogP contribution >= 0.6 is 0 Å². The van der Waals surface area contributed by atoms with Crippen LogP contribution in [0.15, 0.2) is 36.4 Å². The van der Waals surface area contributed by atoms with Gasteiger partial charge in [-0.15, -0.1) is 0 Å². The molecule has 7 heteroatoms. The summed E-state index contributed by atoms with van der Waals surface area (Å²) in [6.07, 6.45) is 0. The Balaban J connectivity index is 2.14. The highest BCUT2D eigenvalue weighted by Crippen LogP contribution is 2.41. The quantitative estimate of drug-likeness (QED) is 0.820. The van der Waals surface area contributed by atoms with E-state index in [9.17, 15) is 19.5 Å². The van der Waals surface area contributed by atoms with Gasteiger partial charge in [-0.3, -0.25) is 14.4 Å². The lowest BCUT2D eigenvalue weighted by atomic mass is 10.1. The molecular formula is C20H20N2O5. The number of ether oxygens (including phenoxy) is 1. The molecule has 1 aliphatic heterocycles. The van der Waals surface area contributed by atoms with Crippen LogP contribution in [0.25, 0.3) is 0 Å². The largest absolute Gasteiger partial charge is 0.503 e. The Hall–Kier alpha value is -3.35. The lowest BCUT2D eigenvalue weighted by Crippen LogP contribution is -2.32. The van der Waals surface area contributed by atoms with Gasteiger partial charge in [-0.2, -0.15) is 0 Å². The zero-order valence-corrected chi connectivity index (χ0v) is 15.4. The summed E-state index contributed by atoms with van der Waals surface area (Å²) in [4.78, 5) is 40.7. The number of amides is 3. The van der Waals surface area contributed by atoms with E-state index in [4.69, 9.17) is 4.74 Å². The van der Waals surface area contributed by atoms with Crippen molar-refractivity contribution in [2.75, 3.05) is 25.1 Å². The fourth-order valence-electron chi connectivity index (χ4n) is 3.14. The van der Waals surface area contributed by atoms with Crippen LogP contribution in [0, 0.1) is 0 Å². The monoisotopic (exact) mass is 368 g/mol. The molecule has 1 aliphatic rings. The van der Waals surface area contributed by atoms with Gasteiger partial charge in [-0.1, -0.05) is 12.1 Å². The number of methoxy groups -OCH3 is 1. The van der Waals surface area contributed by atoms with Crippen LogP contribution in [0.2, 0.25) is 0 Å². The van der Waals surface area contributed by atoms with E-state index < -0.39 is 11.8 Å². The zero-order valence-electron chi connectivity index (χ0n) is 15.4. The van der Waals surface area contributed by atoms with Crippen molar-refractivity contribution >= 4 is 23.4 Å². The Kier molecular flexibility index (Phi) is 4.85. The highest BCUT2D eigenvalue weighted by Gasteiger charge is 2.38. The van der Waals surface area contributed by atoms with Gasteiger partial charge in [0, 0.05) is 18.7 Å². The fraction of sp³-hybridized carbons (Fsp3) is 0.250. The first-order chi connectivity index (χ1) is 12.9. The van der Waals surface area contributed by atoms with Gasteiger partial charge >= 0.3 is 0 Å². The molecule has 27 heavy (non-hydrogen) atoms. The molecule has 0 atom stereocenters. The number of hydrogen-bond donors (Lipinski definition) is 1. The fourth-order valence-corrected chi connectivity index (χ4v) is 3.14. The summed E-state index contributed by atoms with van der Waals surface area (Å²) >= 11 is 0. The summed E-state index contributed by atoms with van der Waals surface area (Å²) < 4.78 is 5.16. The van der Waals surface area contributed by atoms with Crippen LogP contribution in [0.5, 0.6) is 11.5 Å². The van der Waals surface area contributed by atoms with Gasteiger partial charge in [0.1, 0.15) is 0 Å². The van der Waals surface area contributed by atoms with E-state index in [1.807, 2.05) is 13.8 Å². The third-order valence-electron chi connectivity index (χ3n) is 4.61. The van der Waals surface area contributed by atoms with Gasteiger partial charge in [0.15, 0.2) is 11.5 Å². The van der Waals surface area contributed by atoms with Gasteiger partial charge in [0.25, 0.3) is 17.7 Å². The molecule has 0 radical (unpaired) electrons. The second-order valence-electron chi connectivity index (χ2n) is 6.01. The van der Waals surface area contributed by atoms with Gasteiger partial charge in [0.2, 0.25) is 0 Å². The minimum absolute atomic E-state index is 0.0135. The molecule has 0 aromatic heterocycles. The van der Waals surface area contributed by atoms with E-state index in [1.54, 1.807) is 29.2 Å². The predicted molar refractivity (Wildman–Crippen MR) is 99.5 cm³/mol. The van der Waals surface area contributed by atoms with E-state index in [0.29, 0.717) is 13.1 Å². The smallest absolute Gasteiger partial charge is 0.266 e. The molecule has 2 aromatic carbocycles. The third-order valence-corrected chi connectivity index (χ3v) is 4.61. The van der Waals surface area contributed by atoms with Crippen LogP contribution in [-0.2, 0) is 0 Å². The zero-order chi connectivity index (χ0) is 19.7. The highest BCUT2D eigenvalue weighted by atomic mass is 16.5. The number of anilines is 1. The maximum atomic E-state index is 12.7. The first-order valence-corrected chi connectivity index (χ1v) is 8.62. The number of phenolic OH excluding ortho intramolecular Hbond substituents is 1. The molecule has 140 valence electrons. The van der Waals surface area contributed by atoms with Crippen LogP contribution in [-0.4, -0.2) is 47.9 Å². The summed E-state index contributed by atoms with van der Waals surface area (Å²) in [5.74, 6) is -1.75. The summed E-state index contributed by atoms with van der Waals surface area (Å²) in [6.45, 7) is 4.70. The van der Waals surface area contributed by atoms with Gasteiger partial charge in [0.05, 0.1) is 23.9 Å². The standard InChI is InChI=1S/C20H20N2O5/c1-4-21(5-2)18(24)12-10-15(17(23)16(11-12)27-3)22-19(25)13-8-6-7-9-14(13)20(22)26/h6-11,23H,4-5H2,1-3H3. The maximum Gasteiger partial charge on any atom is 0.266 e. The molecule has 0 aliphatic carbocycles. The van der Waals surface area contributed by atoms with Gasteiger partial charge in [-0.25, -0.2) is 4.90 Å². The highest BCUT2D eigenvalue weighted by molar-refractivity contribution is 6.35. The number of rotatable bonds is 5. The third kappa shape index (κ3) is 2.91. The molecule has 1 heterocycles. The molecule has 2 aromatic rings. The molecule has 0 saturated heterocycles. The average Bonchev–Trinajstić information content (AvgIpc) is 2.94. The molecular weight excluding hydrogens is 348 g/mol. The number of hydrogen-bond acceptors (Lipinski definition) is 5. The van der Waals surface area contributed by atoms with E-state index in [2.05, 4.69) is 0 Å². The van der Waals surface area contributed by atoms with Crippen molar-refractivity contribution in [3.05, 3.63) is 53.1 Å².